The van der Waals surface area contributed by atoms with Crippen LogP contribution >= 0.6 is 0 Å². The van der Waals surface area contributed by atoms with Crippen molar-refractivity contribution in [1.82, 2.24) is 19.3 Å². The molecule has 0 saturated carbocycles. The van der Waals surface area contributed by atoms with Crippen molar-refractivity contribution in [2.45, 2.75) is 86.0 Å². The summed E-state index contributed by atoms with van der Waals surface area (Å²) in [5.74, 6) is 2.66. The van der Waals surface area contributed by atoms with Crippen LogP contribution in [0.15, 0.2) is 91.1 Å². The van der Waals surface area contributed by atoms with Gasteiger partial charge < -0.3 is 9.30 Å². The van der Waals surface area contributed by atoms with Crippen LogP contribution in [0.5, 0.6) is 11.5 Å². The van der Waals surface area contributed by atoms with Crippen molar-refractivity contribution in [3.8, 4) is 34.1 Å². The fourth-order valence-electron chi connectivity index (χ4n) is 7.26. The quantitative estimate of drug-likeness (QED) is 0.0908. The van der Waals surface area contributed by atoms with Crippen LogP contribution < -0.4 is 4.74 Å². The number of rotatable bonds is 12. The largest absolute Gasteiger partial charge is 2.00 e. The van der Waals surface area contributed by atoms with Crippen molar-refractivity contribution < 1.29 is 25.8 Å². The second-order valence-electron chi connectivity index (χ2n) is 13.7. The van der Waals surface area contributed by atoms with Gasteiger partial charge in [0.05, 0.1) is 5.69 Å². The van der Waals surface area contributed by atoms with Gasteiger partial charge in [0.25, 0.3) is 0 Å². The van der Waals surface area contributed by atoms with E-state index in [4.69, 9.17) is 14.8 Å². The first-order valence-electron chi connectivity index (χ1n) is 18.1. The van der Waals surface area contributed by atoms with E-state index in [1.54, 1.807) is 0 Å². The molecule has 0 aliphatic carbocycles. The summed E-state index contributed by atoms with van der Waals surface area (Å²) in [6, 6.07) is 37.2. The molecule has 262 valence electrons. The van der Waals surface area contributed by atoms with Crippen LogP contribution in [0.3, 0.4) is 0 Å². The maximum Gasteiger partial charge on any atom is 2.00 e. The third-order valence-electron chi connectivity index (χ3n) is 9.84. The van der Waals surface area contributed by atoms with Crippen LogP contribution in [-0.2, 0) is 27.5 Å². The van der Waals surface area contributed by atoms with Gasteiger partial charge in [-0.1, -0.05) is 101 Å². The second-order valence-corrected chi connectivity index (χ2v) is 13.7. The molecule has 0 N–H and O–H groups in total. The predicted octanol–water partition coefficient (Wildman–Crippen LogP) is 12.0. The van der Waals surface area contributed by atoms with Crippen molar-refractivity contribution in [3.05, 3.63) is 131 Å². The standard InChI is InChI=1S/C45H46N4O.Pt/c1-7-9-11-15-31(4)36-18-21-42-41(27-36)40-20-19-38(29-43(40)48(42)44-24-30(3)22-23-46-44)50-39-26-34(14-8-2)25-37(28-39)49-33(6)45(32(5)47-49)35-16-12-10-13-17-35;/h10,12-13,16-27,31H,7-9,11,14-15H2,1-6H3;/q-2;+2. The molecule has 7 aromatic rings. The van der Waals surface area contributed by atoms with Crippen LogP contribution in [0.1, 0.15) is 86.9 Å². The Bertz CT molecular complexity index is 2280. The van der Waals surface area contributed by atoms with Crippen LogP contribution in [0.4, 0.5) is 0 Å². The Morgan fingerprint density at radius 3 is 2.39 bits per heavy atom. The van der Waals surface area contributed by atoms with Crippen molar-refractivity contribution in [2.24, 2.45) is 0 Å². The zero-order valence-corrected chi connectivity index (χ0v) is 32.8. The van der Waals surface area contributed by atoms with E-state index in [9.17, 15) is 0 Å². The molecule has 0 saturated heterocycles. The van der Waals surface area contributed by atoms with Gasteiger partial charge in [0, 0.05) is 34.5 Å². The monoisotopic (exact) mass is 853 g/mol. The van der Waals surface area contributed by atoms with Gasteiger partial charge in [-0.05, 0) is 79.1 Å². The van der Waals surface area contributed by atoms with E-state index in [0.29, 0.717) is 17.4 Å². The summed E-state index contributed by atoms with van der Waals surface area (Å²) in [4.78, 5) is 4.81. The molecule has 0 spiro atoms. The number of fused-ring (bicyclic) bond motifs is 3. The van der Waals surface area contributed by atoms with E-state index < -0.39 is 0 Å². The fraction of sp³-hybridized carbons (Fsp3) is 0.289. The van der Waals surface area contributed by atoms with Gasteiger partial charge in [-0.15, -0.1) is 35.7 Å². The summed E-state index contributed by atoms with van der Waals surface area (Å²) in [6.07, 6.45) is 8.80. The fourth-order valence-corrected chi connectivity index (χ4v) is 7.26. The molecular formula is C45H46N4OPt. The molecule has 5 nitrogen and oxygen atoms in total. The number of aryl methyl sites for hydroxylation is 3. The van der Waals surface area contributed by atoms with Crippen LogP contribution in [0, 0.1) is 32.9 Å². The van der Waals surface area contributed by atoms with Crippen LogP contribution in [0.25, 0.3) is 44.4 Å². The zero-order chi connectivity index (χ0) is 34.8. The predicted molar refractivity (Wildman–Crippen MR) is 206 cm³/mol. The van der Waals surface area contributed by atoms with Gasteiger partial charge in [0.2, 0.25) is 0 Å². The number of unbranched alkanes of at least 4 members (excludes halogenated alkanes) is 2. The third kappa shape index (κ3) is 7.46. The molecule has 3 heterocycles. The van der Waals surface area contributed by atoms with Gasteiger partial charge in [-0.25, -0.2) is 4.98 Å². The summed E-state index contributed by atoms with van der Waals surface area (Å²) in [5.41, 5.74) is 11.0. The number of aromatic nitrogens is 4. The Labute approximate surface area is 317 Å². The Balaban J connectivity index is 0.00000448. The molecule has 0 bridgehead atoms. The van der Waals surface area contributed by atoms with E-state index in [1.807, 2.05) is 29.1 Å². The minimum atomic E-state index is 0. The molecule has 0 radical (unpaired) electrons. The van der Waals surface area contributed by atoms with Gasteiger partial charge in [0.15, 0.2) is 0 Å². The SMILES string of the molecule is CCCCCC(C)c1ccc2c(c1)c1ccc(Oc3[c-]c(-n4nc(C)c(-c5ccccc5)c4C)cc(CCC)c3)[c-]c1n2-c1cc(C)ccn1.[Pt+2]. The summed E-state index contributed by atoms with van der Waals surface area (Å²) in [7, 11) is 0. The third-order valence-corrected chi connectivity index (χ3v) is 9.84. The van der Waals surface area contributed by atoms with E-state index >= 15 is 0 Å². The minimum Gasteiger partial charge on any atom is -0.509 e. The molecule has 3 aromatic heterocycles. The molecule has 4 aromatic carbocycles. The molecule has 0 aliphatic heterocycles. The van der Waals surface area contributed by atoms with Gasteiger partial charge in [-0.3, -0.25) is 4.68 Å². The first-order chi connectivity index (χ1) is 24.3. The first-order valence-corrected chi connectivity index (χ1v) is 18.1. The van der Waals surface area contributed by atoms with Crippen molar-refractivity contribution >= 4 is 21.8 Å². The van der Waals surface area contributed by atoms with Gasteiger partial charge in [0.1, 0.15) is 5.82 Å². The van der Waals surface area contributed by atoms with Crippen molar-refractivity contribution in [2.75, 3.05) is 0 Å². The Hall–Kier alpha value is -4.47. The molecule has 0 aliphatic rings. The van der Waals surface area contributed by atoms with E-state index in [1.165, 1.54) is 42.2 Å². The molecule has 6 heteroatoms. The maximum absolute atomic E-state index is 6.64. The Morgan fingerprint density at radius 1 is 0.804 bits per heavy atom. The molecule has 0 fully saturated rings. The number of benzene rings is 4. The Kier molecular flexibility index (Phi) is 11.3. The smallest absolute Gasteiger partial charge is 0.509 e. The van der Waals surface area contributed by atoms with E-state index in [0.717, 1.165) is 68.8 Å². The number of hydrogen-bond acceptors (Lipinski definition) is 3. The molecule has 1 unspecified atom stereocenters. The average Bonchev–Trinajstić information content (AvgIpc) is 3.60. The summed E-state index contributed by atoms with van der Waals surface area (Å²) >= 11 is 0. The molecule has 1 atom stereocenters. The molecule has 7 rings (SSSR count). The van der Waals surface area contributed by atoms with Gasteiger partial charge in [-0.2, -0.15) is 16.7 Å². The summed E-state index contributed by atoms with van der Waals surface area (Å²) in [6.45, 7) is 13.1. The molecule has 51 heavy (non-hydrogen) atoms. The van der Waals surface area contributed by atoms with Crippen LogP contribution in [0.2, 0.25) is 0 Å². The average molecular weight is 854 g/mol. The second kappa shape index (κ2) is 15.8. The number of nitrogens with zero attached hydrogens (tertiary/aromatic N) is 4. The summed E-state index contributed by atoms with van der Waals surface area (Å²) in [5, 5.41) is 7.32. The van der Waals surface area contributed by atoms with E-state index in [-0.39, 0.29) is 21.1 Å². The van der Waals surface area contributed by atoms with E-state index in [2.05, 4.69) is 125 Å². The normalized spacial score (nSPS) is 12.0. The zero-order valence-electron chi connectivity index (χ0n) is 30.5. The number of ether oxygens (including phenoxy) is 1. The minimum absolute atomic E-state index is 0. The topological polar surface area (TPSA) is 44.9 Å². The van der Waals surface area contributed by atoms with Gasteiger partial charge >= 0.3 is 21.1 Å². The summed E-state index contributed by atoms with van der Waals surface area (Å²) < 4.78 is 10.9. The molecule has 0 amide bonds. The van der Waals surface area contributed by atoms with Crippen molar-refractivity contribution in [1.29, 1.82) is 0 Å². The Morgan fingerprint density at radius 2 is 1.63 bits per heavy atom. The molecular weight excluding hydrogens is 808 g/mol. The van der Waals surface area contributed by atoms with Crippen LogP contribution in [-0.4, -0.2) is 19.3 Å². The first kappa shape index (κ1) is 36.3. The maximum atomic E-state index is 6.64. The number of hydrogen-bond donors (Lipinski definition) is 0. The number of pyridine rings is 1. The van der Waals surface area contributed by atoms with Crippen molar-refractivity contribution in [3.63, 3.8) is 0 Å².